The summed E-state index contributed by atoms with van der Waals surface area (Å²) in [6.45, 7) is 2.20. The van der Waals surface area contributed by atoms with Gasteiger partial charge in [-0.25, -0.2) is 0 Å². The van der Waals surface area contributed by atoms with Gasteiger partial charge in [-0.05, 0) is 36.6 Å². The zero-order valence-corrected chi connectivity index (χ0v) is 12.1. The van der Waals surface area contributed by atoms with Gasteiger partial charge in [-0.1, -0.05) is 43.2 Å². The summed E-state index contributed by atoms with van der Waals surface area (Å²) < 4.78 is 0. The molecule has 2 aromatic carbocycles. The number of nitrogens with zero attached hydrogens (tertiary/aromatic N) is 2. The van der Waals surface area contributed by atoms with Gasteiger partial charge in [0, 0.05) is 11.1 Å². The van der Waals surface area contributed by atoms with Gasteiger partial charge >= 0.3 is 0 Å². The summed E-state index contributed by atoms with van der Waals surface area (Å²) in [5.74, 6) is 0.282. The third kappa shape index (κ3) is 2.75. The molecule has 0 atom stereocenters. The molecule has 3 rings (SSSR count). The number of hydrogen-bond donors (Lipinski definition) is 2. The van der Waals surface area contributed by atoms with Gasteiger partial charge in [0.1, 0.15) is 11.3 Å². The summed E-state index contributed by atoms with van der Waals surface area (Å²) >= 11 is 0. The van der Waals surface area contributed by atoms with E-state index in [2.05, 4.69) is 28.4 Å². The Morgan fingerprint density at radius 1 is 1.10 bits per heavy atom. The van der Waals surface area contributed by atoms with Crippen LogP contribution in [0.15, 0.2) is 36.4 Å². The maximum atomic E-state index is 10.2. The zero-order valence-electron chi connectivity index (χ0n) is 12.1. The van der Waals surface area contributed by atoms with E-state index in [1.165, 1.54) is 24.8 Å². The van der Waals surface area contributed by atoms with Gasteiger partial charge in [0.25, 0.3) is 0 Å². The van der Waals surface area contributed by atoms with Gasteiger partial charge in [-0.3, -0.25) is 5.10 Å². The number of rotatable bonds is 5. The molecule has 0 spiro atoms. The Hall–Kier alpha value is -2.36. The van der Waals surface area contributed by atoms with Gasteiger partial charge in [0.15, 0.2) is 0 Å². The zero-order chi connectivity index (χ0) is 14.7. The van der Waals surface area contributed by atoms with Crippen molar-refractivity contribution in [3.05, 3.63) is 42.0 Å². The van der Waals surface area contributed by atoms with Crippen LogP contribution in [0.5, 0.6) is 5.75 Å². The first-order valence-corrected chi connectivity index (χ1v) is 7.41. The van der Waals surface area contributed by atoms with Crippen LogP contribution in [0.3, 0.4) is 0 Å². The van der Waals surface area contributed by atoms with Crippen molar-refractivity contribution in [2.45, 2.75) is 32.6 Å². The highest BCUT2D eigenvalue weighted by Gasteiger charge is 2.11. The van der Waals surface area contributed by atoms with E-state index in [1.807, 2.05) is 24.3 Å². The molecule has 0 fully saturated rings. The SMILES string of the molecule is CCCCCc1ccc(O)c(-c2cccc3[nH]nnc23)c1. The molecule has 4 nitrogen and oxygen atoms in total. The standard InChI is InChI=1S/C17H19N3O/c1-2-3-4-6-12-9-10-16(21)14(11-12)13-7-5-8-15-17(13)19-20-18-15/h5,7-11,21H,2-4,6H2,1H3,(H,18,19,20). The number of hydrogen-bond acceptors (Lipinski definition) is 3. The smallest absolute Gasteiger partial charge is 0.123 e. The molecule has 0 unspecified atom stereocenters. The fraction of sp³-hybridized carbons (Fsp3) is 0.294. The maximum absolute atomic E-state index is 10.2. The summed E-state index contributed by atoms with van der Waals surface area (Å²) in [6, 6.07) is 11.7. The Kier molecular flexibility index (Phi) is 3.86. The third-order valence-corrected chi connectivity index (χ3v) is 3.78. The molecule has 0 bridgehead atoms. The van der Waals surface area contributed by atoms with Crippen LogP contribution in [0.4, 0.5) is 0 Å². The summed E-state index contributed by atoms with van der Waals surface area (Å²) in [7, 11) is 0. The van der Waals surface area contributed by atoms with Crippen LogP contribution < -0.4 is 0 Å². The van der Waals surface area contributed by atoms with E-state index in [9.17, 15) is 5.11 Å². The molecule has 0 aliphatic carbocycles. The second kappa shape index (κ2) is 5.95. The van der Waals surface area contributed by atoms with Crippen LogP contribution in [-0.2, 0) is 6.42 Å². The normalized spacial score (nSPS) is 11.1. The fourth-order valence-electron chi connectivity index (χ4n) is 2.62. The van der Waals surface area contributed by atoms with Crippen LogP contribution in [0.25, 0.3) is 22.2 Å². The van der Waals surface area contributed by atoms with Gasteiger partial charge in [0.05, 0.1) is 5.52 Å². The first-order valence-electron chi connectivity index (χ1n) is 7.41. The number of phenolic OH excluding ortho intramolecular Hbond substituents is 1. The molecule has 0 saturated heterocycles. The van der Waals surface area contributed by atoms with Crippen molar-refractivity contribution < 1.29 is 5.11 Å². The fourth-order valence-corrected chi connectivity index (χ4v) is 2.62. The van der Waals surface area contributed by atoms with Gasteiger partial charge in [-0.15, -0.1) is 5.10 Å². The van der Waals surface area contributed by atoms with Crippen molar-refractivity contribution in [3.8, 4) is 16.9 Å². The van der Waals surface area contributed by atoms with Crippen LogP contribution in [0, 0.1) is 0 Å². The minimum absolute atomic E-state index is 0.282. The molecule has 3 aromatic rings. The Balaban J connectivity index is 2.01. The molecular weight excluding hydrogens is 262 g/mol. The number of H-pyrrole nitrogens is 1. The highest BCUT2D eigenvalue weighted by molar-refractivity contribution is 5.93. The molecular formula is C17H19N3O. The number of benzene rings is 2. The first kappa shape index (κ1) is 13.6. The van der Waals surface area contributed by atoms with Crippen molar-refractivity contribution in [1.29, 1.82) is 0 Å². The Morgan fingerprint density at radius 3 is 2.86 bits per heavy atom. The average Bonchev–Trinajstić information content (AvgIpc) is 2.98. The van der Waals surface area contributed by atoms with Crippen molar-refractivity contribution in [2.75, 3.05) is 0 Å². The number of aromatic nitrogens is 3. The molecule has 0 aliphatic heterocycles. The lowest BCUT2D eigenvalue weighted by Crippen LogP contribution is -1.88. The van der Waals surface area contributed by atoms with Crippen molar-refractivity contribution in [1.82, 2.24) is 15.4 Å². The molecule has 0 amide bonds. The summed E-state index contributed by atoms with van der Waals surface area (Å²) in [6.07, 6.45) is 4.66. The highest BCUT2D eigenvalue weighted by atomic mass is 16.3. The first-order chi connectivity index (χ1) is 10.3. The Bertz CT molecular complexity index is 749. The topological polar surface area (TPSA) is 61.8 Å². The number of nitrogens with one attached hydrogen (secondary N) is 1. The van der Waals surface area contributed by atoms with Gasteiger partial charge in [0.2, 0.25) is 0 Å². The molecule has 21 heavy (non-hydrogen) atoms. The van der Waals surface area contributed by atoms with Gasteiger partial charge in [-0.2, -0.15) is 0 Å². The predicted molar refractivity (Wildman–Crippen MR) is 84.2 cm³/mol. The van der Waals surface area contributed by atoms with E-state index in [-0.39, 0.29) is 5.75 Å². The van der Waals surface area contributed by atoms with Crippen molar-refractivity contribution in [2.24, 2.45) is 0 Å². The Morgan fingerprint density at radius 2 is 2.00 bits per heavy atom. The molecule has 1 heterocycles. The average molecular weight is 281 g/mol. The highest BCUT2D eigenvalue weighted by Crippen LogP contribution is 2.34. The molecule has 1 aromatic heterocycles. The molecule has 2 N–H and O–H groups in total. The maximum Gasteiger partial charge on any atom is 0.123 e. The number of phenols is 1. The van der Waals surface area contributed by atoms with Crippen LogP contribution in [0.2, 0.25) is 0 Å². The minimum Gasteiger partial charge on any atom is -0.507 e. The van der Waals surface area contributed by atoms with E-state index in [1.54, 1.807) is 6.07 Å². The molecule has 4 heteroatoms. The quantitative estimate of drug-likeness (QED) is 0.693. The predicted octanol–water partition coefficient (Wildman–Crippen LogP) is 4.06. The number of fused-ring (bicyclic) bond motifs is 1. The van der Waals surface area contributed by atoms with Crippen LogP contribution in [-0.4, -0.2) is 20.5 Å². The summed E-state index contributed by atoms with van der Waals surface area (Å²) in [4.78, 5) is 0. The number of aromatic amines is 1. The Labute approximate surface area is 123 Å². The summed E-state index contributed by atoms with van der Waals surface area (Å²) in [5.41, 5.74) is 4.65. The molecule has 0 saturated carbocycles. The molecule has 108 valence electrons. The van der Waals surface area contributed by atoms with E-state index < -0.39 is 0 Å². The monoisotopic (exact) mass is 281 g/mol. The third-order valence-electron chi connectivity index (χ3n) is 3.78. The molecule has 0 aliphatic rings. The second-order valence-electron chi connectivity index (χ2n) is 5.32. The minimum atomic E-state index is 0.282. The van der Waals surface area contributed by atoms with E-state index >= 15 is 0 Å². The largest absolute Gasteiger partial charge is 0.507 e. The lowest BCUT2D eigenvalue weighted by atomic mass is 9.98. The number of aryl methyl sites for hydroxylation is 1. The van der Waals surface area contributed by atoms with Crippen LogP contribution in [0.1, 0.15) is 31.7 Å². The van der Waals surface area contributed by atoms with E-state index in [0.29, 0.717) is 0 Å². The molecule has 0 radical (unpaired) electrons. The summed E-state index contributed by atoms with van der Waals surface area (Å²) in [5, 5.41) is 21.0. The van der Waals surface area contributed by atoms with E-state index in [4.69, 9.17) is 0 Å². The lowest BCUT2D eigenvalue weighted by molar-refractivity contribution is 0.477. The van der Waals surface area contributed by atoms with Gasteiger partial charge < -0.3 is 5.11 Å². The number of aromatic hydroxyl groups is 1. The van der Waals surface area contributed by atoms with Crippen molar-refractivity contribution in [3.63, 3.8) is 0 Å². The second-order valence-corrected chi connectivity index (χ2v) is 5.32. The lowest BCUT2D eigenvalue weighted by Gasteiger charge is -2.08. The van der Waals surface area contributed by atoms with Crippen molar-refractivity contribution >= 4 is 11.0 Å². The number of unbranched alkanes of at least 4 members (excludes halogenated alkanes) is 2. The van der Waals surface area contributed by atoms with Crippen LogP contribution >= 0.6 is 0 Å². The van der Waals surface area contributed by atoms with E-state index in [0.717, 1.165) is 28.6 Å².